The second-order valence-electron chi connectivity index (χ2n) is 2.81. The van der Waals surface area contributed by atoms with Crippen molar-refractivity contribution in [1.29, 1.82) is 0 Å². The van der Waals surface area contributed by atoms with Gasteiger partial charge in [-0.3, -0.25) is 0 Å². The lowest BCUT2D eigenvalue weighted by molar-refractivity contribution is -0.248. The Bertz CT molecular complexity index is 150. The number of nitrogens with two attached hydrogens (primary N) is 1. The Morgan fingerprint density at radius 1 is 1.17 bits per heavy atom. The highest BCUT2D eigenvalue weighted by molar-refractivity contribution is 4.90. The van der Waals surface area contributed by atoms with E-state index in [0.29, 0.717) is 0 Å². The lowest BCUT2D eigenvalue weighted by Gasteiger charge is -2.38. The van der Waals surface area contributed by atoms with E-state index in [4.69, 9.17) is 20.7 Å². The van der Waals surface area contributed by atoms with Gasteiger partial charge in [-0.05, 0) is 0 Å². The zero-order chi connectivity index (χ0) is 9.30. The maximum Gasteiger partial charge on any atom is 0.173 e. The van der Waals surface area contributed by atoms with E-state index in [0.717, 1.165) is 0 Å². The zero-order valence-corrected chi connectivity index (χ0v) is 6.37. The maximum atomic E-state index is 9.20. The maximum absolute atomic E-state index is 9.20. The average Bonchev–Trinajstić information content (AvgIpc) is 2.08. The second kappa shape index (κ2) is 3.65. The minimum atomic E-state index is -1.35. The fourth-order valence-electron chi connectivity index (χ4n) is 1.12. The Kier molecular flexibility index (Phi) is 2.99. The second-order valence-corrected chi connectivity index (χ2v) is 2.81. The largest absolute Gasteiger partial charge is 0.394 e. The first-order valence-corrected chi connectivity index (χ1v) is 3.64. The van der Waals surface area contributed by atoms with Crippen LogP contribution in [0.15, 0.2) is 0 Å². The molecule has 1 aliphatic rings. The number of aliphatic hydroxyl groups excluding tert-OH is 4. The first-order valence-electron chi connectivity index (χ1n) is 3.64. The van der Waals surface area contributed by atoms with Crippen LogP contribution in [0.2, 0.25) is 0 Å². The standard InChI is InChI=1S/C6H13NO5/c7-3-5(10)4(9)2(1-8)12-6(3)11/h2-6,8-11H,1,7H2/t2-,3-,4+,5-,6?/m1/s1/i6+1,7+1. The fourth-order valence-corrected chi connectivity index (χ4v) is 1.12. The van der Waals surface area contributed by atoms with Gasteiger partial charge in [0.15, 0.2) is 6.29 Å². The van der Waals surface area contributed by atoms with Gasteiger partial charge in [0.1, 0.15) is 18.3 Å². The van der Waals surface area contributed by atoms with E-state index in [9.17, 15) is 10.2 Å². The van der Waals surface area contributed by atoms with Gasteiger partial charge in [-0.2, -0.15) is 0 Å². The van der Waals surface area contributed by atoms with Crippen LogP contribution in [0.4, 0.5) is 0 Å². The van der Waals surface area contributed by atoms with Crippen molar-refractivity contribution in [2.75, 3.05) is 6.61 Å². The molecule has 1 saturated heterocycles. The molecule has 0 aromatic heterocycles. The average molecular weight is 181 g/mol. The molecular weight excluding hydrogens is 168 g/mol. The summed E-state index contributed by atoms with van der Waals surface area (Å²) >= 11 is 0. The topological polar surface area (TPSA) is 116 Å². The Labute approximate surface area is 69.2 Å². The number of ether oxygens (including phenoxy) is 1. The highest BCUT2D eigenvalue weighted by Gasteiger charge is 2.41. The molecule has 0 radical (unpaired) electrons. The molecule has 0 saturated carbocycles. The predicted octanol–water partition coefficient (Wildman–Crippen LogP) is -3.26. The van der Waals surface area contributed by atoms with Crippen molar-refractivity contribution in [3.63, 3.8) is 0 Å². The molecule has 0 aromatic rings. The van der Waals surface area contributed by atoms with Gasteiger partial charge in [0.25, 0.3) is 0 Å². The van der Waals surface area contributed by atoms with E-state index in [1.807, 2.05) is 0 Å². The van der Waals surface area contributed by atoms with Crippen LogP contribution < -0.4 is 5.73 Å². The van der Waals surface area contributed by atoms with Crippen molar-refractivity contribution >= 4 is 0 Å². The van der Waals surface area contributed by atoms with Crippen LogP contribution >= 0.6 is 0 Å². The van der Waals surface area contributed by atoms with Crippen LogP contribution in [-0.4, -0.2) is 57.7 Å². The molecule has 1 heterocycles. The Balaban J connectivity index is 2.63. The quantitative estimate of drug-likeness (QED) is 0.214. The minimum Gasteiger partial charge on any atom is -0.394 e. The zero-order valence-electron chi connectivity index (χ0n) is 6.37. The number of aliphatic hydroxyl groups is 4. The monoisotopic (exact) mass is 181 g/mol. The fraction of sp³-hybridized carbons (Fsp3) is 1.00. The SMILES string of the molecule is [15NH2][C@@H]1[C@@H](O)[C@@H](O)[C@@H](CO)O[13CH]1O. The van der Waals surface area contributed by atoms with Crippen molar-refractivity contribution in [3.8, 4) is 0 Å². The molecule has 12 heavy (non-hydrogen) atoms. The smallest absolute Gasteiger partial charge is 0.173 e. The van der Waals surface area contributed by atoms with Gasteiger partial charge in [-0.1, -0.05) is 0 Å². The molecule has 0 aliphatic carbocycles. The molecule has 1 unspecified atom stereocenters. The van der Waals surface area contributed by atoms with Gasteiger partial charge >= 0.3 is 0 Å². The van der Waals surface area contributed by atoms with E-state index >= 15 is 0 Å². The Morgan fingerprint density at radius 3 is 2.25 bits per heavy atom. The molecule has 5 atom stereocenters. The van der Waals surface area contributed by atoms with Crippen LogP contribution in [0.3, 0.4) is 0 Å². The lowest BCUT2D eigenvalue weighted by Crippen LogP contribution is -2.61. The summed E-state index contributed by atoms with van der Waals surface area (Å²) in [5.41, 5.74) is 5.26. The van der Waals surface area contributed by atoms with Gasteiger partial charge in [0, 0.05) is 0 Å². The summed E-state index contributed by atoms with van der Waals surface area (Å²) in [6.45, 7) is -0.470. The summed E-state index contributed by atoms with van der Waals surface area (Å²) < 4.78 is 4.70. The van der Waals surface area contributed by atoms with Gasteiger partial charge < -0.3 is 30.9 Å². The Morgan fingerprint density at radius 2 is 1.75 bits per heavy atom. The summed E-state index contributed by atoms with van der Waals surface area (Å²) in [6, 6.07) is -1.04. The number of hydrogen-bond donors (Lipinski definition) is 5. The number of rotatable bonds is 1. The van der Waals surface area contributed by atoms with Crippen molar-refractivity contribution < 1.29 is 25.2 Å². The highest BCUT2D eigenvalue weighted by Crippen LogP contribution is 2.17. The van der Waals surface area contributed by atoms with E-state index in [1.54, 1.807) is 0 Å². The Hall–Kier alpha value is -0.240. The van der Waals surface area contributed by atoms with E-state index in [-0.39, 0.29) is 0 Å². The minimum absolute atomic E-state index is 0.470. The molecule has 0 bridgehead atoms. The summed E-state index contributed by atoms with van der Waals surface area (Å²) in [4.78, 5) is 0. The van der Waals surface area contributed by atoms with Crippen LogP contribution in [0.1, 0.15) is 0 Å². The third-order valence-electron chi connectivity index (χ3n) is 1.95. The normalized spacial score (nSPS) is 49.2. The van der Waals surface area contributed by atoms with Crippen LogP contribution in [-0.2, 0) is 4.74 Å². The third kappa shape index (κ3) is 1.58. The number of hydrogen-bond acceptors (Lipinski definition) is 6. The molecule has 0 spiro atoms. The molecule has 0 amide bonds. The summed E-state index contributed by atoms with van der Waals surface area (Å²) in [7, 11) is 0. The highest BCUT2D eigenvalue weighted by atomic mass is 16.7. The van der Waals surface area contributed by atoms with Gasteiger partial charge in [0.05, 0.1) is 12.6 Å². The lowest BCUT2D eigenvalue weighted by atomic mass is 10.0. The predicted molar refractivity (Wildman–Crippen MR) is 38.0 cm³/mol. The van der Waals surface area contributed by atoms with E-state index in [1.165, 1.54) is 0 Å². The first kappa shape index (κ1) is 9.85. The summed E-state index contributed by atoms with van der Waals surface area (Å²) in [5, 5.41) is 36.1. The van der Waals surface area contributed by atoms with Crippen LogP contribution in [0.25, 0.3) is 0 Å². The van der Waals surface area contributed by atoms with E-state index < -0.39 is 37.3 Å². The molecule has 1 fully saturated rings. The van der Waals surface area contributed by atoms with Crippen LogP contribution in [0, 0.1) is 0 Å². The first-order chi connectivity index (χ1) is 5.57. The third-order valence-corrected chi connectivity index (χ3v) is 1.95. The van der Waals surface area contributed by atoms with Crippen molar-refractivity contribution in [2.45, 2.75) is 30.6 Å². The van der Waals surface area contributed by atoms with Crippen molar-refractivity contribution in [2.24, 2.45) is 5.73 Å². The molecule has 6 N–H and O–H groups in total. The molecule has 6 heteroatoms. The molecule has 6 nitrogen and oxygen atoms in total. The summed E-state index contributed by atoms with van der Waals surface area (Å²) in [6.07, 6.45) is -4.85. The van der Waals surface area contributed by atoms with Gasteiger partial charge in [-0.15, -0.1) is 0 Å². The molecule has 0 aromatic carbocycles. The molecule has 1 aliphatic heterocycles. The van der Waals surface area contributed by atoms with Gasteiger partial charge in [-0.25, -0.2) is 0 Å². The van der Waals surface area contributed by atoms with Gasteiger partial charge in [0.2, 0.25) is 0 Å². The molecular formula is C6H13NO5. The molecule has 72 valence electrons. The molecule has 1 rings (SSSR count). The van der Waals surface area contributed by atoms with Crippen molar-refractivity contribution in [1.82, 2.24) is 0 Å². The van der Waals surface area contributed by atoms with E-state index in [2.05, 4.69) is 0 Å². The van der Waals surface area contributed by atoms with Crippen LogP contribution in [0.5, 0.6) is 0 Å². The summed E-state index contributed by atoms with van der Waals surface area (Å²) in [5.74, 6) is 0. The van der Waals surface area contributed by atoms with Crippen molar-refractivity contribution in [3.05, 3.63) is 0 Å².